The van der Waals surface area contributed by atoms with E-state index in [4.69, 9.17) is 10.4 Å². The Morgan fingerprint density at radius 3 is 2.79 bits per heavy atom. The van der Waals surface area contributed by atoms with Gasteiger partial charge in [-0.3, -0.25) is 4.79 Å². The minimum absolute atomic E-state index is 0.116. The van der Waals surface area contributed by atoms with Gasteiger partial charge in [-0.2, -0.15) is 5.26 Å². The molecule has 0 aliphatic carbocycles. The van der Waals surface area contributed by atoms with Crippen LogP contribution in [0.3, 0.4) is 0 Å². The summed E-state index contributed by atoms with van der Waals surface area (Å²) in [7, 11) is 0. The maximum Gasteiger partial charge on any atom is 0.303 e. The molecule has 1 N–H and O–H groups in total. The monoisotopic (exact) mass is 372 g/mol. The van der Waals surface area contributed by atoms with Crippen LogP contribution < -0.4 is 0 Å². The summed E-state index contributed by atoms with van der Waals surface area (Å²) in [5.74, 6) is -0.792. The van der Waals surface area contributed by atoms with Crippen molar-refractivity contribution in [2.75, 3.05) is 0 Å². The molecule has 2 aromatic carbocycles. The Labute approximate surface area is 162 Å². The third kappa shape index (κ3) is 3.35. The second-order valence-electron chi connectivity index (χ2n) is 6.83. The zero-order valence-electron chi connectivity index (χ0n) is 15.4. The van der Waals surface area contributed by atoms with Crippen molar-refractivity contribution in [3.8, 4) is 11.8 Å². The van der Waals surface area contributed by atoms with Gasteiger partial charge in [-0.15, -0.1) is 0 Å². The maximum atomic E-state index is 10.9. The molecule has 0 radical (unpaired) electrons. The minimum Gasteiger partial charge on any atom is -0.481 e. The SMILES string of the molecule is N#CCCCn1c2ccc(-n3ccnc3)cc2c2ccc(CCC(=O)O)cc21. The van der Waals surface area contributed by atoms with E-state index in [0.717, 1.165) is 46.0 Å². The number of aliphatic carboxylic acids is 1. The Morgan fingerprint density at radius 1 is 1.14 bits per heavy atom. The van der Waals surface area contributed by atoms with Crippen molar-refractivity contribution in [3.05, 3.63) is 60.7 Å². The van der Waals surface area contributed by atoms with E-state index < -0.39 is 5.97 Å². The zero-order chi connectivity index (χ0) is 19.5. The van der Waals surface area contributed by atoms with Crippen LogP contribution in [0.25, 0.3) is 27.5 Å². The van der Waals surface area contributed by atoms with Crippen molar-refractivity contribution in [2.45, 2.75) is 32.2 Å². The van der Waals surface area contributed by atoms with Gasteiger partial charge in [0.05, 0.1) is 12.4 Å². The number of imidazole rings is 1. The van der Waals surface area contributed by atoms with Gasteiger partial charge in [0.25, 0.3) is 0 Å². The Morgan fingerprint density at radius 2 is 2.04 bits per heavy atom. The van der Waals surface area contributed by atoms with Crippen LogP contribution in [0.5, 0.6) is 0 Å². The van der Waals surface area contributed by atoms with Gasteiger partial charge >= 0.3 is 5.97 Å². The second-order valence-corrected chi connectivity index (χ2v) is 6.83. The molecular weight excluding hydrogens is 352 g/mol. The number of aromatic nitrogens is 3. The molecule has 2 aromatic heterocycles. The number of aryl methyl sites for hydroxylation is 2. The number of carboxylic acids is 1. The van der Waals surface area contributed by atoms with E-state index >= 15 is 0 Å². The molecule has 6 heteroatoms. The van der Waals surface area contributed by atoms with Gasteiger partial charge in [0, 0.05) is 59.3 Å². The first-order chi connectivity index (χ1) is 13.7. The average Bonchev–Trinajstić information content (AvgIpc) is 3.33. The van der Waals surface area contributed by atoms with Crippen molar-refractivity contribution in [3.63, 3.8) is 0 Å². The van der Waals surface area contributed by atoms with Crippen LogP contribution >= 0.6 is 0 Å². The van der Waals surface area contributed by atoms with E-state index in [1.165, 1.54) is 0 Å². The highest BCUT2D eigenvalue weighted by molar-refractivity contribution is 6.08. The van der Waals surface area contributed by atoms with Gasteiger partial charge in [0.1, 0.15) is 0 Å². The fourth-order valence-corrected chi connectivity index (χ4v) is 3.67. The average molecular weight is 372 g/mol. The molecule has 4 aromatic rings. The third-order valence-electron chi connectivity index (χ3n) is 5.01. The van der Waals surface area contributed by atoms with Crippen LogP contribution in [-0.2, 0) is 17.8 Å². The van der Waals surface area contributed by atoms with Gasteiger partial charge < -0.3 is 14.2 Å². The molecule has 0 aliphatic rings. The molecule has 0 aliphatic heterocycles. The lowest BCUT2D eigenvalue weighted by Gasteiger charge is -2.08. The van der Waals surface area contributed by atoms with Crippen molar-refractivity contribution in [2.24, 2.45) is 0 Å². The number of unbranched alkanes of at least 4 members (excludes halogenated alkanes) is 1. The van der Waals surface area contributed by atoms with Crippen molar-refractivity contribution in [1.29, 1.82) is 5.26 Å². The predicted molar refractivity (Wildman–Crippen MR) is 107 cm³/mol. The minimum atomic E-state index is -0.792. The number of rotatable bonds is 7. The Hall–Kier alpha value is -3.59. The van der Waals surface area contributed by atoms with Crippen LogP contribution in [0.15, 0.2) is 55.1 Å². The summed E-state index contributed by atoms with van der Waals surface area (Å²) < 4.78 is 4.21. The first kappa shape index (κ1) is 17.8. The van der Waals surface area contributed by atoms with Gasteiger partial charge in [-0.1, -0.05) is 12.1 Å². The summed E-state index contributed by atoms with van der Waals surface area (Å²) in [4.78, 5) is 15.0. The number of hydrogen-bond donors (Lipinski definition) is 1. The zero-order valence-corrected chi connectivity index (χ0v) is 15.4. The molecule has 140 valence electrons. The number of nitriles is 1. The van der Waals surface area contributed by atoms with Crippen molar-refractivity contribution >= 4 is 27.8 Å². The van der Waals surface area contributed by atoms with Gasteiger partial charge in [-0.25, -0.2) is 4.98 Å². The van der Waals surface area contributed by atoms with E-state index in [2.05, 4.69) is 46.0 Å². The molecule has 2 heterocycles. The highest BCUT2D eigenvalue weighted by Crippen LogP contribution is 2.32. The maximum absolute atomic E-state index is 10.9. The molecule has 6 nitrogen and oxygen atoms in total. The predicted octanol–water partition coefficient (Wildman–Crippen LogP) is 4.30. The molecule has 4 rings (SSSR count). The molecule has 0 saturated carbocycles. The fraction of sp³-hybridized carbons (Fsp3) is 0.227. The van der Waals surface area contributed by atoms with Crippen molar-refractivity contribution < 1.29 is 9.90 Å². The summed E-state index contributed by atoms with van der Waals surface area (Å²) in [6.07, 6.45) is 7.35. The Bertz CT molecular complexity index is 1180. The number of nitrogens with zero attached hydrogens (tertiary/aromatic N) is 4. The number of hydrogen-bond acceptors (Lipinski definition) is 3. The second kappa shape index (κ2) is 7.57. The molecule has 0 amide bonds. The summed E-state index contributed by atoms with van der Waals surface area (Å²) in [5, 5.41) is 20.2. The van der Waals surface area contributed by atoms with Crippen LogP contribution in [0.2, 0.25) is 0 Å². The largest absolute Gasteiger partial charge is 0.481 e. The topological polar surface area (TPSA) is 83.8 Å². The molecule has 0 spiro atoms. The number of carbonyl (C=O) groups is 1. The quantitative estimate of drug-likeness (QED) is 0.490. The van der Waals surface area contributed by atoms with Gasteiger partial charge in [0.15, 0.2) is 0 Å². The highest BCUT2D eigenvalue weighted by atomic mass is 16.4. The van der Waals surface area contributed by atoms with E-state index in [1.807, 2.05) is 16.8 Å². The lowest BCUT2D eigenvalue weighted by Crippen LogP contribution is -2.00. The Kier molecular flexibility index (Phi) is 4.81. The van der Waals surface area contributed by atoms with Crippen LogP contribution in [-0.4, -0.2) is 25.2 Å². The van der Waals surface area contributed by atoms with Crippen molar-refractivity contribution in [1.82, 2.24) is 14.1 Å². The standard InChI is InChI=1S/C22H20N4O2/c23-9-1-2-11-26-20-7-5-17(25-12-10-24-15-25)14-19(20)18-6-3-16(13-21(18)26)4-8-22(27)28/h3,5-7,10,12-15H,1-2,4,8,11H2,(H,27,28). The van der Waals surface area contributed by atoms with Gasteiger partial charge in [-0.05, 0) is 42.7 Å². The number of fused-ring (bicyclic) bond motifs is 3. The smallest absolute Gasteiger partial charge is 0.303 e. The highest BCUT2D eigenvalue weighted by Gasteiger charge is 2.13. The van der Waals surface area contributed by atoms with E-state index in [-0.39, 0.29) is 6.42 Å². The summed E-state index contributed by atoms with van der Waals surface area (Å²) in [6, 6.07) is 14.7. The summed E-state index contributed by atoms with van der Waals surface area (Å²) >= 11 is 0. The first-order valence-corrected chi connectivity index (χ1v) is 9.29. The fourth-order valence-electron chi connectivity index (χ4n) is 3.67. The third-order valence-corrected chi connectivity index (χ3v) is 5.01. The lowest BCUT2D eigenvalue weighted by molar-refractivity contribution is -0.136. The molecule has 0 unspecified atom stereocenters. The summed E-state index contributed by atoms with van der Waals surface area (Å²) in [6.45, 7) is 0.750. The van der Waals surface area contributed by atoms with E-state index in [9.17, 15) is 4.79 Å². The van der Waals surface area contributed by atoms with Crippen LogP contribution in [0, 0.1) is 11.3 Å². The van der Waals surface area contributed by atoms with Gasteiger partial charge in [0.2, 0.25) is 0 Å². The molecular formula is C22H20N4O2. The molecule has 0 bridgehead atoms. The Balaban J connectivity index is 1.85. The van der Waals surface area contributed by atoms with E-state index in [1.54, 1.807) is 12.5 Å². The summed E-state index contributed by atoms with van der Waals surface area (Å²) in [5.41, 5.74) is 4.25. The lowest BCUT2D eigenvalue weighted by atomic mass is 10.1. The van der Waals surface area contributed by atoms with Crippen LogP contribution in [0.4, 0.5) is 0 Å². The van der Waals surface area contributed by atoms with E-state index in [0.29, 0.717) is 12.8 Å². The number of carboxylic acid groups (broad SMARTS) is 1. The number of benzene rings is 2. The molecule has 0 atom stereocenters. The molecule has 28 heavy (non-hydrogen) atoms. The normalized spacial score (nSPS) is 11.1. The molecule has 0 fully saturated rings. The first-order valence-electron chi connectivity index (χ1n) is 9.29. The van der Waals surface area contributed by atoms with Crippen LogP contribution in [0.1, 0.15) is 24.8 Å². The molecule has 0 saturated heterocycles.